The molecule has 0 aliphatic carbocycles. The second-order valence-electron chi connectivity index (χ2n) is 5.62. The highest BCUT2D eigenvalue weighted by atomic mass is 32.1. The van der Waals surface area contributed by atoms with Gasteiger partial charge in [0.25, 0.3) is 0 Å². The third-order valence-corrected chi connectivity index (χ3v) is 4.98. The molecule has 1 aliphatic rings. The topological polar surface area (TPSA) is 50.8 Å². The predicted molar refractivity (Wildman–Crippen MR) is 94.1 cm³/mol. The van der Waals surface area contributed by atoms with E-state index in [4.69, 9.17) is 9.47 Å². The summed E-state index contributed by atoms with van der Waals surface area (Å²) >= 11 is 1.71. The van der Waals surface area contributed by atoms with E-state index in [1.165, 1.54) is 4.88 Å². The first-order chi connectivity index (χ1) is 11.8. The molecule has 1 unspecified atom stereocenters. The average molecular weight is 346 g/mol. The van der Waals surface area contributed by atoms with Gasteiger partial charge in [-0.1, -0.05) is 36.4 Å². The molecular formula is C18H22N2O3S. The summed E-state index contributed by atoms with van der Waals surface area (Å²) in [6.07, 6.45) is -0.381. The van der Waals surface area contributed by atoms with E-state index in [9.17, 15) is 4.79 Å². The van der Waals surface area contributed by atoms with Crippen molar-refractivity contribution in [3.8, 4) is 0 Å². The second-order valence-corrected chi connectivity index (χ2v) is 6.60. The molecule has 5 nitrogen and oxygen atoms in total. The molecule has 24 heavy (non-hydrogen) atoms. The SMILES string of the molecule is O=C(NCC(c1cccs1)N1CCOCC1)OCc1ccccc1. The van der Waals surface area contributed by atoms with Gasteiger partial charge in [-0.15, -0.1) is 11.3 Å². The van der Waals surface area contributed by atoms with Crippen LogP contribution in [0.3, 0.4) is 0 Å². The van der Waals surface area contributed by atoms with E-state index in [1.54, 1.807) is 11.3 Å². The Labute approximate surface area is 146 Å². The highest BCUT2D eigenvalue weighted by Gasteiger charge is 2.24. The number of carbonyl (C=O) groups is 1. The number of nitrogens with zero attached hydrogens (tertiary/aromatic N) is 1. The lowest BCUT2D eigenvalue weighted by Gasteiger charge is -2.34. The molecule has 1 aromatic carbocycles. The minimum Gasteiger partial charge on any atom is -0.445 e. The molecule has 1 aliphatic heterocycles. The summed E-state index contributed by atoms with van der Waals surface area (Å²) in [5.74, 6) is 0. The van der Waals surface area contributed by atoms with Gasteiger partial charge in [-0.3, -0.25) is 4.90 Å². The van der Waals surface area contributed by atoms with Crippen LogP contribution in [0.5, 0.6) is 0 Å². The van der Waals surface area contributed by atoms with E-state index in [1.807, 2.05) is 36.4 Å². The largest absolute Gasteiger partial charge is 0.445 e. The first-order valence-corrected chi connectivity index (χ1v) is 9.00. The van der Waals surface area contributed by atoms with Crippen molar-refractivity contribution >= 4 is 17.4 Å². The zero-order valence-electron chi connectivity index (χ0n) is 13.5. The average Bonchev–Trinajstić information content (AvgIpc) is 3.16. The van der Waals surface area contributed by atoms with Gasteiger partial charge in [0.15, 0.2) is 0 Å². The summed E-state index contributed by atoms with van der Waals surface area (Å²) in [6, 6.07) is 14.0. The summed E-state index contributed by atoms with van der Waals surface area (Å²) < 4.78 is 10.7. The maximum absolute atomic E-state index is 12.0. The van der Waals surface area contributed by atoms with Crippen LogP contribution in [0.4, 0.5) is 4.79 Å². The van der Waals surface area contributed by atoms with Gasteiger partial charge < -0.3 is 14.8 Å². The molecule has 0 saturated carbocycles. The van der Waals surface area contributed by atoms with Crippen molar-refractivity contribution in [3.05, 3.63) is 58.3 Å². The molecule has 0 bridgehead atoms. The van der Waals surface area contributed by atoms with Gasteiger partial charge >= 0.3 is 6.09 Å². The zero-order valence-corrected chi connectivity index (χ0v) is 14.3. The fraction of sp³-hybridized carbons (Fsp3) is 0.389. The van der Waals surface area contributed by atoms with Gasteiger partial charge in [0, 0.05) is 24.5 Å². The quantitative estimate of drug-likeness (QED) is 0.873. The van der Waals surface area contributed by atoms with E-state index < -0.39 is 0 Å². The number of rotatable bonds is 6. The van der Waals surface area contributed by atoms with Gasteiger partial charge in [0.05, 0.1) is 19.3 Å². The number of hydrogen-bond acceptors (Lipinski definition) is 5. The number of carbonyl (C=O) groups excluding carboxylic acids is 1. The molecule has 128 valence electrons. The molecule has 2 heterocycles. The molecule has 0 spiro atoms. The Morgan fingerprint density at radius 3 is 2.71 bits per heavy atom. The Kier molecular flexibility index (Phi) is 6.23. The van der Waals surface area contributed by atoms with Crippen LogP contribution >= 0.6 is 11.3 Å². The third kappa shape index (κ3) is 4.80. The lowest BCUT2D eigenvalue weighted by Crippen LogP contribution is -2.43. The number of ether oxygens (including phenoxy) is 2. The van der Waals surface area contributed by atoms with E-state index in [2.05, 4.69) is 21.7 Å². The molecular weight excluding hydrogens is 324 g/mol. The Morgan fingerprint density at radius 2 is 2.00 bits per heavy atom. The van der Waals surface area contributed by atoms with Crippen LogP contribution in [0.1, 0.15) is 16.5 Å². The molecule has 6 heteroatoms. The summed E-state index contributed by atoms with van der Waals surface area (Å²) in [6.45, 7) is 4.05. The predicted octanol–water partition coefficient (Wildman–Crippen LogP) is 3.05. The van der Waals surface area contributed by atoms with E-state index in [-0.39, 0.29) is 18.7 Å². The molecule has 3 rings (SSSR count). The fourth-order valence-electron chi connectivity index (χ4n) is 2.73. The van der Waals surface area contributed by atoms with E-state index >= 15 is 0 Å². The van der Waals surface area contributed by atoms with E-state index in [0.29, 0.717) is 6.54 Å². The maximum Gasteiger partial charge on any atom is 0.407 e. The van der Waals surface area contributed by atoms with Gasteiger partial charge in [0.1, 0.15) is 6.61 Å². The van der Waals surface area contributed by atoms with Crippen molar-refractivity contribution in [2.75, 3.05) is 32.8 Å². The van der Waals surface area contributed by atoms with E-state index in [0.717, 1.165) is 31.9 Å². The Balaban J connectivity index is 1.52. The Morgan fingerprint density at radius 1 is 1.21 bits per heavy atom. The Hall–Kier alpha value is -1.89. The number of alkyl carbamates (subject to hydrolysis) is 1. The minimum atomic E-state index is -0.381. The van der Waals surface area contributed by atoms with Gasteiger partial charge in [0.2, 0.25) is 0 Å². The van der Waals surface area contributed by atoms with Crippen LogP contribution < -0.4 is 5.32 Å². The second kappa shape index (κ2) is 8.82. The van der Waals surface area contributed by atoms with Gasteiger partial charge in [-0.05, 0) is 17.0 Å². The molecule has 0 radical (unpaired) electrons. The van der Waals surface area contributed by atoms with Crippen LogP contribution in [0.15, 0.2) is 47.8 Å². The number of nitrogens with one attached hydrogen (secondary N) is 1. The number of thiophene rings is 1. The molecule has 1 aromatic heterocycles. The zero-order chi connectivity index (χ0) is 16.6. The van der Waals surface area contributed by atoms with Crippen LogP contribution in [0, 0.1) is 0 Å². The van der Waals surface area contributed by atoms with Crippen LogP contribution in [0.25, 0.3) is 0 Å². The maximum atomic E-state index is 12.0. The number of amides is 1. The smallest absolute Gasteiger partial charge is 0.407 e. The summed E-state index contributed by atoms with van der Waals surface area (Å²) in [4.78, 5) is 15.6. The molecule has 1 atom stereocenters. The summed E-state index contributed by atoms with van der Waals surface area (Å²) in [5.41, 5.74) is 0.982. The van der Waals surface area contributed by atoms with Crippen molar-refractivity contribution in [1.82, 2.24) is 10.2 Å². The minimum absolute atomic E-state index is 0.165. The molecule has 2 aromatic rings. The fourth-order valence-corrected chi connectivity index (χ4v) is 3.59. The standard InChI is InChI=1S/C18H22N2O3S/c21-18(23-14-15-5-2-1-3-6-15)19-13-16(17-7-4-12-24-17)20-8-10-22-11-9-20/h1-7,12,16H,8-11,13-14H2,(H,19,21). The monoisotopic (exact) mass is 346 g/mol. The molecule has 1 saturated heterocycles. The van der Waals surface area contributed by atoms with Crippen molar-refractivity contribution in [1.29, 1.82) is 0 Å². The molecule has 1 fully saturated rings. The van der Waals surface area contributed by atoms with Crippen molar-refractivity contribution in [3.63, 3.8) is 0 Å². The highest BCUT2D eigenvalue weighted by Crippen LogP contribution is 2.25. The number of hydrogen-bond donors (Lipinski definition) is 1. The molecule has 1 N–H and O–H groups in total. The van der Waals surface area contributed by atoms with Crippen LogP contribution in [-0.2, 0) is 16.1 Å². The van der Waals surface area contributed by atoms with Crippen LogP contribution in [0.2, 0.25) is 0 Å². The first kappa shape index (κ1) is 17.0. The Bertz CT molecular complexity index is 612. The lowest BCUT2D eigenvalue weighted by molar-refractivity contribution is 0.0167. The summed E-state index contributed by atoms with van der Waals surface area (Å²) in [7, 11) is 0. The highest BCUT2D eigenvalue weighted by molar-refractivity contribution is 7.10. The normalized spacial score (nSPS) is 16.5. The lowest BCUT2D eigenvalue weighted by atomic mass is 10.2. The number of benzene rings is 1. The van der Waals surface area contributed by atoms with Gasteiger partial charge in [-0.2, -0.15) is 0 Å². The van der Waals surface area contributed by atoms with Crippen LogP contribution in [-0.4, -0.2) is 43.8 Å². The first-order valence-electron chi connectivity index (χ1n) is 8.12. The van der Waals surface area contributed by atoms with Gasteiger partial charge in [-0.25, -0.2) is 4.79 Å². The number of morpholine rings is 1. The molecule has 1 amide bonds. The third-order valence-electron chi connectivity index (χ3n) is 4.01. The summed E-state index contributed by atoms with van der Waals surface area (Å²) in [5, 5.41) is 4.97. The van der Waals surface area contributed by atoms with Crippen molar-refractivity contribution in [2.24, 2.45) is 0 Å². The van der Waals surface area contributed by atoms with Crippen molar-refractivity contribution in [2.45, 2.75) is 12.6 Å². The van der Waals surface area contributed by atoms with Crippen molar-refractivity contribution < 1.29 is 14.3 Å².